The normalized spacial score (nSPS) is 18.7. The van der Waals surface area contributed by atoms with Gasteiger partial charge in [-0.15, -0.1) is 11.3 Å². The Kier molecular flexibility index (Phi) is 5.79. The fraction of sp³-hybridized carbons (Fsp3) is 0.190. The lowest BCUT2D eigenvalue weighted by Crippen LogP contribution is -2.22. The molecule has 0 amide bonds. The van der Waals surface area contributed by atoms with E-state index < -0.39 is 29.1 Å². The van der Waals surface area contributed by atoms with Gasteiger partial charge in [-0.2, -0.15) is 11.3 Å². The Bertz CT molecular complexity index is 1110. The number of carbonyl (C=O) groups is 3. The number of aromatic nitrogens is 1. The Balaban J connectivity index is 1.92. The number of hydrogen-bond donors (Lipinski definition) is 1. The molecule has 0 saturated heterocycles. The predicted molar refractivity (Wildman–Crippen MR) is 116 cm³/mol. The zero-order valence-electron chi connectivity index (χ0n) is 15.6. The van der Waals surface area contributed by atoms with Crippen LogP contribution >= 0.6 is 22.7 Å². The van der Waals surface area contributed by atoms with Crippen molar-refractivity contribution in [3.8, 4) is 0 Å². The standard InChI is InChI=1S/C21H17NO5S3/c1-2-8-30(27)17-10-14-13(21(25)26)9-15(20(24)16-4-3-6-29-16)22(14)18(17)19(23)12-5-7-28-11-12/h2-7,10-11,13,15H,1,8-9H2,(H,25,26). The van der Waals surface area contributed by atoms with Gasteiger partial charge >= 0.3 is 5.97 Å². The summed E-state index contributed by atoms with van der Waals surface area (Å²) in [6, 6.07) is 5.76. The third-order valence-corrected chi connectivity index (χ3v) is 7.94. The van der Waals surface area contributed by atoms with Crippen LogP contribution in [0.5, 0.6) is 0 Å². The van der Waals surface area contributed by atoms with Gasteiger partial charge in [0.2, 0.25) is 5.78 Å². The number of fused-ring (bicyclic) bond motifs is 1. The highest BCUT2D eigenvalue weighted by Gasteiger charge is 2.45. The van der Waals surface area contributed by atoms with Crippen LogP contribution in [0.2, 0.25) is 0 Å². The first-order valence-corrected chi connectivity index (χ1v) is 12.2. The van der Waals surface area contributed by atoms with Gasteiger partial charge in [0.05, 0.1) is 16.8 Å². The van der Waals surface area contributed by atoms with Crippen molar-refractivity contribution in [2.45, 2.75) is 23.3 Å². The summed E-state index contributed by atoms with van der Waals surface area (Å²) in [6.45, 7) is 3.60. The second-order valence-corrected chi connectivity index (χ2v) is 9.97. The number of carboxylic acid groups (broad SMARTS) is 1. The monoisotopic (exact) mass is 459 g/mol. The van der Waals surface area contributed by atoms with Crippen LogP contribution in [0.1, 0.15) is 49.8 Å². The first-order valence-electron chi connectivity index (χ1n) is 9.05. The Labute approximate surface area is 183 Å². The zero-order chi connectivity index (χ0) is 21.4. The lowest BCUT2D eigenvalue weighted by Gasteiger charge is -2.16. The van der Waals surface area contributed by atoms with E-state index in [0.717, 1.165) is 0 Å². The fourth-order valence-corrected chi connectivity index (χ4v) is 6.13. The zero-order valence-corrected chi connectivity index (χ0v) is 18.1. The Hall–Kier alpha value is -2.46. The van der Waals surface area contributed by atoms with Gasteiger partial charge in [0.25, 0.3) is 0 Å². The molecule has 0 saturated carbocycles. The van der Waals surface area contributed by atoms with Gasteiger partial charge in [0, 0.05) is 22.7 Å². The molecule has 30 heavy (non-hydrogen) atoms. The molecule has 0 radical (unpaired) electrons. The minimum atomic E-state index is -1.59. The summed E-state index contributed by atoms with van der Waals surface area (Å²) in [4.78, 5) is 39.2. The summed E-state index contributed by atoms with van der Waals surface area (Å²) in [7, 11) is 0. The number of carbonyl (C=O) groups excluding carboxylic acids is 2. The number of rotatable bonds is 8. The largest absolute Gasteiger partial charge is 0.611 e. The molecule has 3 aromatic heterocycles. The first kappa shape index (κ1) is 20.8. The molecular weight excluding hydrogens is 442 g/mol. The smallest absolute Gasteiger partial charge is 0.312 e. The molecule has 3 aromatic rings. The summed E-state index contributed by atoms with van der Waals surface area (Å²) in [5.41, 5.74) is 0.879. The van der Waals surface area contributed by atoms with Gasteiger partial charge < -0.3 is 14.2 Å². The molecule has 1 aliphatic rings. The number of ketones is 2. The summed E-state index contributed by atoms with van der Waals surface area (Å²) in [5, 5.41) is 15.0. The second-order valence-electron chi connectivity index (χ2n) is 6.78. The van der Waals surface area contributed by atoms with E-state index in [0.29, 0.717) is 16.1 Å². The highest BCUT2D eigenvalue weighted by molar-refractivity contribution is 7.91. The third kappa shape index (κ3) is 3.47. The van der Waals surface area contributed by atoms with E-state index in [2.05, 4.69) is 6.58 Å². The highest BCUT2D eigenvalue weighted by Crippen LogP contribution is 2.44. The van der Waals surface area contributed by atoms with Crippen LogP contribution in [0.4, 0.5) is 0 Å². The summed E-state index contributed by atoms with van der Waals surface area (Å²) < 4.78 is 14.4. The van der Waals surface area contributed by atoms with Gasteiger partial charge in [-0.25, -0.2) is 0 Å². The van der Waals surface area contributed by atoms with Crippen molar-refractivity contribution in [3.05, 3.63) is 74.9 Å². The van der Waals surface area contributed by atoms with E-state index in [9.17, 15) is 24.0 Å². The number of Topliss-reactive ketones (excluding diaryl/α,β-unsaturated/α-hetero) is 1. The molecule has 0 fully saturated rings. The minimum absolute atomic E-state index is 0.0552. The van der Waals surface area contributed by atoms with Crippen LogP contribution in [0.25, 0.3) is 0 Å². The van der Waals surface area contributed by atoms with Crippen LogP contribution in [0, 0.1) is 0 Å². The van der Waals surface area contributed by atoms with Crippen molar-refractivity contribution in [3.63, 3.8) is 0 Å². The average molecular weight is 460 g/mol. The van der Waals surface area contributed by atoms with E-state index in [1.165, 1.54) is 39.4 Å². The lowest BCUT2D eigenvalue weighted by molar-refractivity contribution is -0.138. The Morgan fingerprint density at radius 2 is 2.13 bits per heavy atom. The molecular formula is C21H17NO5S3. The van der Waals surface area contributed by atoms with Gasteiger partial charge in [-0.1, -0.05) is 12.6 Å². The first-order chi connectivity index (χ1) is 14.4. The fourth-order valence-electron chi connectivity index (χ4n) is 3.73. The summed E-state index contributed by atoms with van der Waals surface area (Å²) >= 11 is 1.04. The number of thiophene rings is 2. The Morgan fingerprint density at radius 1 is 1.33 bits per heavy atom. The number of aliphatic carboxylic acids is 1. The van der Waals surface area contributed by atoms with Crippen molar-refractivity contribution < 1.29 is 24.0 Å². The molecule has 1 aliphatic heterocycles. The van der Waals surface area contributed by atoms with Gasteiger partial charge in [-0.05, 0) is 46.6 Å². The maximum absolute atomic E-state index is 13.4. The predicted octanol–water partition coefficient (Wildman–Crippen LogP) is 4.13. The topological polar surface area (TPSA) is 99.4 Å². The van der Waals surface area contributed by atoms with E-state index in [1.54, 1.807) is 34.3 Å². The Morgan fingerprint density at radius 3 is 2.73 bits per heavy atom. The van der Waals surface area contributed by atoms with Crippen LogP contribution in [0.3, 0.4) is 0 Å². The van der Waals surface area contributed by atoms with Gasteiger partial charge in [0.15, 0.2) is 10.7 Å². The van der Waals surface area contributed by atoms with Crippen molar-refractivity contribution in [2.24, 2.45) is 0 Å². The van der Waals surface area contributed by atoms with E-state index in [1.807, 2.05) is 0 Å². The van der Waals surface area contributed by atoms with Crippen molar-refractivity contribution in [1.29, 1.82) is 0 Å². The molecule has 3 atom stereocenters. The molecule has 0 spiro atoms. The number of nitrogens with zero attached hydrogens (tertiary/aromatic N) is 1. The van der Waals surface area contributed by atoms with Crippen molar-refractivity contribution >= 4 is 51.4 Å². The number of hydrogen-bond acceptors (Lipinski definition) is 6. The minimum Gasteiger partial charge on any atom is -0.611 e. The average Bonchev–Trinajstić information content (AvgIpc) is 3.51. The van der Waals surface area contributed by atoms with Crippen LogP contribution < -0.4 is 0 Å². The molecule has 3 unspecified atom stereocenters. The SMILES string of the molecule is C=CC[S+]([O-])c1cc2n(c1C(=O)c1ccsc1)C(C(=O)c1cccs1)CC2C(=O)O. The highest BCUT2D eigenvalue weighted by atomic mass is 32.2. The molecule has 0 aliphatic carbocycles. The number of carboxylic acids is 1. The lowest BCUT2D eigenvalue weighted by atomic mass is 9.98. The molecule has 1 N–H and O–H groups in total. The van der Waals surface area contributed by atoms with E-state index in [-0.39, 0.29) is 34.3 Å². The second kappa shape index (κ2) is 8.35. The van der Waals surface area contributed by atoms with Crippen molar-refractivity contribution in [1.82, 2.24) is 4.57 Å². The molecule has 0 bridgehead atoms. The maximum Gasteiger partial charge on any atom is 0.312 e. The molecule has 6 nitrogen and oxygen atoms in total. The van der Waals surface area contributed by atoms with Gasteiger partial charge in [0.1, 0.15) is 11.4 Å². The third-order valence-electron chi connectivity index (χ3n) is 5.04. The summed E-state index contributed by atoms with van der Waals surface area (Å²) in [5.74, 6) is -2.53. The molecule has 0 aromatic carbocycles. The van der Waals surface area contributed by atoms with E-state index >= 15 is 0 Å². The van der Waals surface area contributed by atoms with Crippen LogP contribution in [0.15, 0.2) is 58.0 Å². The quantitative estimate of drug-likeness (QED) is 0.310. The van der Waals surface area contributed by atoms with Gasteiger partial charge in [-0.3, -0.25) is 14.4 Å². The molecule has 154 valence electrons. The molecule has 4 heterocycles. The molecule has 4 rings (SSSR count). The molecule has 9 heteroatoms. The van der Waals surface area contributed by atoms with Crippen LogP contribution in [-0.4, -0.2) is 37.5 Å². The summed E-state index contributed by atoms with van der Waals surface area (Å²) in [6.07, 6.45) is 1.54. The maximum atomic E-state index is 13.4. The van der Waals surface area contributed by atoms with E-state index in [4.69, 9.17) is 0 Å². The van der Waals surface area contributed by atoms with Crippen molar-refractivity contribution in [2.75, 3.05) is 5.75 Å². The van der Waals surface area contributed by atoms with Crippen LogP contribution in [-0.2, 0) is 16.0 Å².